The molecule has 9 nitrogen and oxygen atoms in total. The summed E-state index contributed by atoms with van der Waals surface area (Å²) in [5.41, 5.74) is 2.63. The summed E-state index contributed by atoms with van der Waals surface area (Å²) in [7, 11) is 0. The van der Waals surface area contributed by atoms with E-state index in [9.17, 15) is 19.2 Å². The van der Waals surface area contributed by atoms with Gasteiger partial charge in [0.15, 0.2) is 0 Å². The number of carbonyl (C=O) groups is 4. The summed E-state index contributed by atoms with van der Waals surface area (Å²) in [6.07, 6.45) is 2.15. The van der Waals surface area contributed by atoms with Crippen molar-refractivity contribution in [1.29, 1.82) is 0 Å². The summed E-state index contributed by atoms with van der Waals surface area (Å²) < 4.78 is 10.5. The molecule has 242 valence electrons. The van der Waals surface area contributed by atoms with Gasteiger partial charge in [-0.25, -0.2) is 4.79 Å². The van der Waals surface area contributed by atoms with Crippen LogP contribution in [0.15, 0.2) is 114 Å². The first kappa shape index (κ1) is 34.5. The fourth-order valence-corrected chi connectivity index (χ4v) is 5.41. The number of thioether (sulfide) groups is 1. The number of nitrogens with one attached hydrogen (secondary N) is 3. The molecule has 0 aliphatic rings. The Morgan fingerprint density at radius 2 is 1.47 bits per heavy atom. The number of hydrogen-bond acceptors (Lipinski definition) is 7. The van der Waals surface area contributed by atoms with Gasteiger partial charge >= 0.3 is 5.97 Å². The molecule has 47 heavy (non-hydrogen) atoms. The van der Waals surface area contributed by atoms with Gasteiger partial charge < -0.3 is 25.4 Å². The van der Waals surface area contributed by atoms with Gasteiger partial charge in [-0.2, -0.15) is 0 Å². The molecule has 3 amide bonds. The van der Waals surface area contributed by atoms with Gasteiger partial charge in [-0.05, 0) is 98.6 Å². The first-order valence-corrected chi connectivity index (χ1v) is 16.1. The van der Waals surface area contributed by atoms with Crippen molar-refractivity contribution in [1.82, 2.24) is 5.32 Å². The van der Waals surface area contributed by atoms with E-state index in [2.05, 4.69) is 16.0 Å². The van der Waals surface area contributed by atoms with Gasteiger partial charge in [-0.15, -0.1) is 11.8 Å². The van der Waals surface area contributed by atoms with Crippen LogP contribution in [0.5, 0.6) is 5.75 Å². The molecule has 0 aromatic heterocycles. The van der Waals surface area contributed by atoms with E-state index in [0.717, 1.165) is 4.90 Å². The Morgan fingerprint density at radius 3 is 2.13 bits per heavy atom. The fourth-order valence-electron chi connectivity index (χ4n) is 4.39. The minimum Gasteiger partial charge on any atom is -0.494 e. The van der Waals surface area contributed by atoms with Gasteiger partial charge in [-0.1, -0.05) is 43.3 Å². The highest BCUT2D eigenvalue weighted by molar-refractivity contribution is 8.00. The summed E-state index contributed by atoms with van der Waals surface area (Å²) in [6, 6.07) is 29.5. The topological polar surface area (TPSA) is 123 Å². The Morgan fingerprint density at radius 1 is 0.745 bits per heavy atom. The predicted molar refractivity (Wildman–Crippen MR) is 186 cm³/mol. The standard InChI is InChI=1S/C37H37N3O6S/c1-4-33(36(43)38-28-19-17-27(18-20-28)37(44)46-6-3)47-31-14-10-13-29(24-31)39-35(42)32(40-34(41)26-11-8-7-9-12-26)23-25-15-21-30(22-16-25)45-5-2/h7-24,33H,4-6H2,1-3H3,(H,38,43)(H,39,42)(H,40,41)/b32-23+. The van der Waals surface area contributed by atoms with Gasteiger partial charge in [-0.3, -0.25) is 14.4 Å². The zero-order valence-corrected chi connectivity index (χ0v) is 27.3. The molecule has 1 unspecified atom stereocenters. The number of hydrogen-bond donors (Lipinski definition) is 3. The SMILES string of the molecule is CCOC(=O)c1ccc(NC(=O)C(CC)Sc2cccc(NC(=O)/C(=C\c3ccc(OCC)cc3)NC(=O)c3ccccc3)c2)cc1. The molecule has 4 aromatic rings. The molecule has 0 spiro atoms. The highest BCUT2D eigenvalue weighted by atomic mass is 32.2. The second kappa shape index (κ2) is 17.4. The average Bonchev–Trinajstić information content (AvgIpc) is 3.08. The predicted octanol–water partition coefficient (Wildman–Crippen LogP) is 7.18. The van der Waals surface area contributed by atoms with E-state index in [1.54, 1.807) is 104 Å². The van der Waals surface area contributed by atoms with Gasteiger partial charge in [0.25, 0.3) is 11.8 Å². The summed E-state index contributed by atoms with van der Waals surface area (Å²) in [4.78, 5) is 52.4. The minimum atomic E-state index is -0.513. The Kier molecular flexibility index (Phi) is 12.8. The third-order valence-corrected chi connectivity index (χ3v) is 8.09. The third kappa shape index (κ3) is 10.3. The van der Waals surface area contributed by atoms with Crippen LogP contribution in [0.3, 0.4) is 0 Å². The van der Waals surface area contributed by atoms with E-state index in [1.807, 2.05) is 26.0 Å². The van der Waals surface area contributed by atoms with E-state index < -0.39 is 23.0 Å². The lowest BCUT2D eigenvalue weighted by Crippen LogP contribution is -2.30. The first-order valence-electron chi connectivity index (χ1n) is 15.3. The first-order chi connectivity index (χ1) is 22.8. The third-order valence-electron chi connectivity index (χ3n) is 6.73. The number of rotatable bonds is 14. The number of esters is 1. The maximum absolute atomic E-state index is 13.5. The van der Waals surface area contributed by atoms with Crippen LogP contribution in [0, 0.1) is 0 Å². The highest BCUT2D eigenvalue weighted by Gasteiger charge is 2.20. The van der Waals surface area contributed by atoms with Gasteiger partial charge in [0, 0.05) is 21.8 Å². The van der Waals surface area contributed by atoms with Crippen LogP contribution in [0.1, 0.15) is 53.5 Å². The van der Waals surface area contributed by atoms with E-state index in [4.69, 9.17) is 9.47 Å². The van der Waals surface area contributed by atoms with Crippen LogP contribution in [0.25, 0.3) is 6.08 Å². The number of amides is 3. The molecular formula is C37H37N3O6S. The molecule has 0 saturated heterocycles. The van der Waals surface area contributed by atoms with Crippen LogP contribution in [-0.4, -0.2) is 42.2 Å². The van der Waals surface area contributed by atoms with Crippen molar-refractivity contribution in [3.8, 4) is 5.75 Å². The quantitative estimate of drug-likeness (QED) is 0.0750. The lowest BCUT2D eigenvalue weighted by molar-refractivity contribution is -0.116. The lowest BCUT2D eigenvalue weighted by Gasteiger charge is -2.16. The summed E-state index contributed by atoms with van der Waals surface area (Å²) in [5.74, 6) is -0.850. The smallest absolute Gasteiger partial charge is 0.338 e. The van der Waals surface area contributed by atoms with Crippen LogP contribution in [0.4, 0.5) is 11.4 Å². The average molecular weight is 652 g/mol. The molecule has 0 heterocycles. The zero-order chi connectivity index (χ0) is 33.6. The fraction of sp³-hybridized carbons (Fsp3) is 0.189. The van der Waals surface area contributed by atoms with Crippen LogP contribution in [-0.2, 0) is 14.3 Å². The van der Waals surface area contributed by atoms with E-state index in [-0.39, 0.29) is 18.2 Å². The van der Waals surface area contributed by atoms with E-state index >= 15 is 0 Å². The molecule has 1 atom stereocenters. The van der Waals surface area contributed by atoms with E-state index in [0.29, 0.717) is 46.8 Å². The summed E-state index contributed by atoms with van der Waals surface area (Å²) in [5, 5.41) is 8.10. The summed E-state index contributed by atoms with van der Waals surface area (Å²) >= 11 is 1.36. The number of carbonyl (C=O) groups excluding carboxylic acids is 4. The summed E-state index contributed by atoms with van der Waals surface area (Å²) in [6.45, 7) is 6.37. The van der Waals surface area contributed by atoms with Gasteiger partial charge in [0.05, 0.1) is 24.0 Å². The Labute approximate surface area is 278 Å². The molecule has 0 radical (unpaired) electrons. The van der Waals surface area contributed by atoms with Crippen molar-refractivity contribution >= 4 is 52.9 Å². The second-order valence-corrected chi connectivity index (χ2v) is 11.4. The maximum atomic E-state index is 13.5. The minimum absolute atomic E-state index is 0.0563. The van der Waals surface area contributed by atoms with Crippen molar-refractivity contribution in [2.24, 2.45) is 0 Å². The molecular weight excluding hydrogens is 614 g/mol. The van der Waals surface area contributed by atoms with Gasteiger partial charge in [0.2, 0.25) is 5.91 Å². The van der Waals surface area contributed by atoms with Gasteiger partial charge in [0.1, 0.15) is 11.4 Å². The molecule has 0 aliphatic carbocycles. The molecule has 0 aliphatic heterocycles. The molecule has 4 aromatic carbocycles. The van der Waals surface area contributed by atoms with E-state index in [1.165, 1.54) is 11.8 Å². The van der Waals surface area contributed by atoms with Crippen molar-refractivity contribution in [3.05, 3.63) is 126 Å². The van der Waals surface area contributed by atoms with Crippen molar-refractivity contribution < 1.29 is 28.7 Å². The molecule has 0 saturated carbocycles. The molecule has 0 fully saturated rings. The Balaban J connectivity index is 1.46. The van der Waals surface area contributed by atoms with Crippen molar-refractivity contribution in [2.45, 2.75) is 37.3 Å². The second-order valence-electron chi connectivity index (χ2n) is 10.2. The van der Waals surface area contributed by atoms with Crippen LogP contribution in [0.2, 0.25) is 0 Å². The highest BCUT2D eigenvalue weighted by Crippen LogP contribution is 2.29. The maximum Gasteiger partial charge on any atom is 0.338 e. The molecule has 0 bridgehead atoms. The normalized spacial score (nSPS) is 11.6. The Hall–Kier alpha value is -5.35. The number of benzene rings is 4. The zero-order valence-electron chi connectivity index (χ0n) is 26.4. The van der Waals surface area contributed by atoms with Crippen LogP contribution >= 0.6 is 11.8 Å². The molecule has 4 rings (SSSR count). The monoisotopic (exact) mass is 651 g/mol. The molecule has 10 heteroatoms. The van der Waals surface area contributed by atoms with Crippen molar-refractivity contribution in [2.75, 3.05) is 23.8 Å². The van der Waals surface area contributed by atoms with Crippen LogP contribution < -0.4 is 20.7 Å². The lowest BCUT2D eigenvalue weighted by atomic mass is 10.1. The Bertz CT molecular complexity index is 1710. The molecule has 3 N–H and O–H groups in total. The number of ether oxygens (including phenoxy) is 2. The largest absolute Gasteiger partial charge is 0.494 e. The number of anilines is 2. The van der Waals surface area contributed by atoms with Crippen molar-refractivity contribution in [3.63, 3.8) is 0 Å².